The molecular formula is C8H6F2O4S. The fourth-order valence-electron chi connectivity index (χ4n) is 0.909. The Kier molecular flexibility index (Phi) is 3.04. The van der Waals surface area contributed by atoms with Crippen LogP contribution in [0.5, 0.6) is 0 Å². The molecule has 1 N–H and O–H groups in total. The summed E-state index contributed by atoms with van der Waals surface area (Å²) in [6.07, 6.45) is 0. The number of rotatable bonds is 3. The van der Waals surface area contributed by atoms with Crippen LogP contribution in [-0.4, -0.2) is 25.3 Å². The Hall–Kier alpha value is -1.50. The van der Waals surface area contributed by atoms with Gasteiger partial charge in [-0.25, -0.2) is 13.2 Å². The van der Waals surface area contributed by atoms with Gasteiger partial charge in [0.1, 0.15) is 0 Å². The summed E-state index contributed by atoms with van der Waals surface area (Å²) in [6.45, 7) is 0. The first-order chi connectivity index (χ1) is 6.85. The molecule has 1 aromatic rings. The highest BCUT2D eigenvalue weighted by Gasteiger charge is 2.26. The minimum absolute atomic E-state index is 0.350. The third-order valence-electron chi connectivity index (χ3n) is 1.64. The SMILES string of the molecule is O=C(O)c1cccc(S(=O)(=O)C(F)F)c1. The Labute approximate surface area is 84.1 Å². The summed E-state index contributed by atoms with van der Waals surface area (Å²) < 4.78 is 46.1. The van der Waals surface area contributed by atoms with E-state index in [4.69, 9.17) is 5.11 Å². The average Bonchev–Trinajstić information content (AvgIpc) is 2.17. The first-order valence-corrected chi connectivity index (χ1v) is 5.26. The number of benzene rings is 1. The largest absolute Gasteiger partial charge is 0.478 e. The van der Waals surface area contributed by atoms with Crippen LogP contribution in [0.2, 0.25) is 0 Å². The van der Waals surface area contributed by atoms with E-state index in [0.717, 1.165) is 18.2 Å². The number of carboxylic acids is 1. The Morgan fingerprint density at radius 2 is 1.93 bits per heavy atom. The lowest BCUT2D eigenvalue weighted by atomic mass is 10.2. The highest BCUT2D eigenvalue weighted by molar-refractivity contribution is 7.91. The molecule has 0 saturated carbocycles. The summed E-state index contributed by atoms with van der Waals surface area (Å²) in [6, 6.07) is 3.84. The summed E-state index contributed by atoms with van der Waals surface area (Å²) in [7, 11) is -4.73. The van der Waals surface area contributed by atoms with Gasteiger partial charge in [-0.05, 0) is 18.2 Å². The normalized spacial score (nSPS) is 11.7. The van der Waals surface area contributed by atoms with Gasteiger partial charge in [-0.2, -0.15) is 8.78 Å². The monoisotopic (exact) mass is 236 g/mol. The Morgan fingerprint density at radius 3 is 2.40 bits per heavy atom. The van der Waals surface area contributed by atoms with E-state index < -0.39 is 26.5 Å². The van der Waals surface area contributed by atoms with E-state index >= 15 is 0 Å². The Morgan fingerprint density at radius 1 is 1.33 bits per heavy atom. The second-order valence-corrected chi connectivity index (χ2v) is 4.56. The lowest BCUT2D eigenvalue weighted by Gasteiger charge is -2.03. The molecule has 0 heterocycles. The maximum absolute atomic E-state index is 12.1. The Bertz CT molecular complexity index is 481. The van der Waals surface area contributed by atoms with Crippen LogP contribution in [0.1, 0.15) is 10.4 Å². The van der Waals surface area contributed by atoms with E-state index in [1.807, 2.05) is 0 Å². The molecule has 82 valence electrons. The molecular weight excluding hydrogens is 230 g/mol. The maximum atomic E-state index is 12.1. The van der Waals surface area contributed by atoms with Gasteiger partial charge in [-0.1, -0.05) is 6.07 Å². The first-order valence-electron chi connectivity index (χ1n) is 3.71. The molecule has 0 aliphatic heterocycles. The minimum Gasteiger partial charge on any atom is -0.478 e. The number of carbonyl (C=O) groups is 1. The van der Waals surface area contributed by atoms with Crippen molar-refractivity contribution >= 4 is 15.8 Å². The molecule has 15 heavy (non-hydrogen) atoms. The highest BCUT2D eigenvalue weighted by Crippen LogP contribution is 2.19. The van der Waals surface area contributed by atoms with Crippen LogP contribution in [0.25, 0.3) is 0 Å². The van der Waals surface area contributed by atoms with E-state index in [2.05, 4.69) is 0 Å². The van der Waals surface area contributed by atoms with Gasteiger partial charge < -0.3 is 5.11 Å². The van der Waals surface area contributed by atoms with Crippen molar-refractivity contribution < 1.29 is 27.1 Å². The van der Waals surface area contributed by atoms with Crippen LogP contribution in [0.15, 0.2) is 29.2 Å². The number of hydrogen-bond donors (Lipinski definition) is 1. The van der Waals surface area contributed by atoms with Crippen LogP contribution in [0.4, 0.5) is 8.78 Å². The molecule has 0 atom stereocenters. The van der Waals surface area contributed by atoms with E-state index in [1.54, 1.807) is 0 Å². The summed E-state index contributed by atoms with van der Waals surface area (Å²) in [5.41, 5.74) is -0.350. The molecule has 1 aromatic carbocycles. The molecule has 1 rings (SSSR count). The predicted molar refractivity (Wildman–Crippen MR) is 46.6 cm³/mol. The Balaban J connectivity index is 3.29. The van der Waals surface area contributed by atoms with Gasteiger partial charge in [-0.3, -0.25) is 0 Å². The zero-order chi connectivity index (χ0) is 11.6. The van der Waals surface area contributed by atoms with Crippen molar-refractivity contribution in [3.63, 3.8) is 0 Å². The van der Waals surface area contributed by atoms with Crippen molar-refractivity contribution in [1.29, 1.82) is 0 Å². The predicted octanol–water partition coefficient (Wildman–Crippen LogP) is 1.38. The van der Waals surface area contributed by atoms with Gasteiger partial charge in [0, 0.05) is 0 Å². The number of halogens is 2. The van der Waals surface area contributed by atoms with Crippen molar-refractivity contribution in [2.45, 2.75) is 10.7 Å². The van der Waals surface area contributed by atoms with Crippen molar-refractivity contribution in [2.75, 3.05) is 0 Å². The second-order valence-electron chi connectivity index (χ2n) is 2.64. The number of alkyl halides is 2. The van der Waals surface area contributed by atoms with Crippen LogP contribution in [0.3, 0.4) is 0 Å². The quantitative estimate of drug-likeness (QED) is 0.860. The summed E-state index contributed by atoms with van der Waals surface area (Å²) in [5.74, 6) is -4.93. The molecule has 0 aliphatic carbocycles. The van der Waals surface area contributed by atoms with Gasteiger partial charge in [0.25, 0.3) is 0 Å². The summed E-state index contributed by atoms with van der Waals surface area (Å²) in [5, 5.41) is 8.53. The molecule has 0 aromatic heterocycles. The molecule has 0 radical (unpaired) electrons. The first kappa shape index (κ1) is 11.6. The van der Waals surface area contributed by atoms with Crippen molar-refractivity contribution in [3.05, 3.63) is 29.8 Å². The highest BCUT2D eigenvalue weighted by atomic mass is 32.2. The van der Waals surface area contributed by atoms with Gasteiger partial charge in [-0.15, -0.1) is 0 Å². The van der Waals surface area contributed by atoms with E-state index in [1.165, 1.54) is 0 Å². The summed E-state index contributed by atoms with van der Waals surface area (Å²) in [4.78, 5) is 9.77. The smallest absolute Gasteiger partial charge is 0.341 e. The number of carboxylic acid groups (broad SMARTS) is 1. The fourth-order valence-corrected chi connectivity index (χ4v) is 1.67. The van der Waals surface area contributed by atoms with E-state index in [-0.39, 0.29) is 5.56 Å². The molecule has 0 unspecified atom stereocenters. The van der Waals surface area contributed by atoms with Crippen molar-refractivity contribution in [3.8, 4) is 0 Å². The topological polar surface area (TPSA) is 71.4 Å². The molecule has 0 saturated heterocycles. The van der Waals surface area contributed by atoms with Gasteiger partial charge in [0.05, 0.1) is 10.5 Å². The molecule has 0 aliphatic rings. The minimum atomic E-state index is -4.73. The lowest BCUT2D eigenvalue weighted by molar-refractivity contribution is 0.0696. The van der Waals surface area contributed by atoms with E-state index in [9.17, 15) is 22.0 Å². The summed E-state index contributed by atoms with van der Waals surface area (Å²) >= 11 is 0. The number of hydrogen-bond acceptors (Lipinski definition) is 3. The maximum Gasteiger partial charge on any atom is 0.341 e. The molecule has 7 heteroatoms. The van der Waals surface area contributed by atoms with Gasteiger partial charge >= 0.3 is 11.7 Å². The third kappa shape index (κ3) is 2.30. The fraction of sp³-hybridized carbons (Fsp3) is 0.125. The molecule has 0 spiro atoms. The zero-order valence-corrected chi connectivity index (χ0v) is 8.04. The van der Waals surface area contributed by atoms with Crippen LogP contribution in [0, 0.1) is 0 Å². The molecule has 0 fully saturated rings. The number of sulfone groups is 1. The lowest BCUT2D eigenvalue weighted by Crippen LogP contribution is -2.12. The van der Waals surface area contributed by atoms with Crippen molar-refractivity contribution in [1.82, 2.24) is 0 Å². The second kappa shape index (κ2) is 3.93. The van der Waals surface area contributed by atoms with Crippen LogP contribution in [-0.2, 0) is 9.84 Å². The standard InChI is InChI=1S/C8H6F2O4S/c9-8(10)15(13,14)6-3-1-2-5(4-6)7(11)12/h1-4,8H,(H,11,12). The molecule has 4 nitrogen and oxygen atoms in total. The van der Waals surface area contributed by atoms with Gasteiger partial charge in [0.15, 0.2) is 0 Å². The molecule has 0 amide bonds. The van der Waals surface area contributed by atoms with Gasteiger partial charge in [0.2, 0.25) is 9.84 Å². The van der Waals surface area contributed by atoms with Crippen LogP contribution >= 0.6 is 0 Å². The van der Waals surface area contributed by atoms with Crippen LogP contribution < -0.4 is 0 Å². The number of aromatic carboxylic acids is 1. The third-order valence-corrected chi connectivity index (χ3v) is 3.02. The van der Waals surface area contributed by atoms with Crippen molar-refractivity contribution in [2.24, 2.45) is 0 Å². The molecule has 0 bridgehead atoms. The van der Waals surface area contributed by atoms with E-state index in [0.29, 0.717) is 6.07 Å². The zero-order valence-electron chi connectivity index (χ0n) is 7.22. The average molecular weight is 236 g/mol.